The standard InChI is InChI=1S/C17H20N4O/c18-9-13-2-1-3-15-20-16(19-10-12-6-7-12)14(8-11-4-5-11)17(22)21(13)15/h1-3,9,11-12,18-19H,4-8,10H2. The zero-order valence-corrected chi connectivity index (χ0v) is 12.5. The van der Waals surface area contributed by atoms with Crippen LogP contribution in [0.1, 0.15) is 36.9 Å². The molecule has 0 bridgehead atoms. The summed E-state index contributed by atoms with van der Waals surface area (Å²) in [5.74, 6) is 2.12. The molecular formula is C17H20N4O. The monoisotopic (exact) mass is 296 g/mol. The number of nitrogens with one attached hydrogen (secondary N) is 2. The van der Waals surface area contributed by atoms with Crippen molar-refractivity contribution in [3.63, 3.8) is 0 Å². The summed E-state index contributed by atoms with van der Waals surface area (Å²) < 4.78 is 1.56. The molecule has 2 heterocycles. The molecule has 5 heteroatoms. The minimum absolute atomic E-state index is 0.0192. The van der Waals surface area contributed by atoms with Gasteiger partial charge in [0.2, 0.25) is 0 Å². The van der Waals surface area contributed by atoms with Gasteiger partial charge >= 0.3 is 0 Å². The number of nitrogens with zero attached hydrogens (tertiary/aromatic N) is 2. The zero-order chi connectivity index (χ0) is 15.1. The van der Waals surface area contributed by atoms with Gasteiger partial charge in [0.05, 0.1) is 11.3 Å². The van der Waals surface area contributed by atoms with Gasteiger partial charge in [-0.1, -0.05) is 6.07 Å². The smallest absolute Gasteiger partial charge is 0.263 e. The lowest BCUT2D eigenvalue weighted by atomic mass is 10.1. The maximum atomic E-state index is 12.9. The number of hydrogen-bond acceptors (Lipinski definition) is 4. The molecule has 2 aliphatic carbocycles. The zero-order valence-electron chi connectivity index (χ0n) is 12.5. The highest BCUT2D eigenvalue weighted by Gasteiger charge is 2.27. The van der Waals surface area contributed by atoms with Crippen molar-refractivity contribution in [3.05, 3.63) is 39.8 Å². The molecule has 114 valence electrons. The van der Waals surface area contributed by atoms with Crippen LogP contribution in [-0.2, 0) is 6.42 Å². The maximum Gasteiger partial charge on any atom is 0.263 e. The van der Waals surface area contributed by atoms with E-state index in [2.05, 4.69) is 10.3 Å². The van der Waals surface area contributed by atoms with E-state index in [1.54, 1.807) is 10.5 Å². The topological polar surface area (TPSA) is 70.2 Å². The first-order valence-electron chi connectivity index (χ1n) is 8.05. The van der Waals surface area contributed by atoms with Gasteiger partial charge in [-0.05, 0) is 56.1 Å². The second kappa shape index (κ2) is 5.23. The third-order valence-electron chi connectivity index (χ3n) is 4.57. The Bertz CT molecular complexity index is 787. The van der Waals surface area contributed by atoms with Gasteiger partial charge in [-0.2, -0.15) is 0 Å². The van der Waals surface area contributed by atoms with Gasteiger partial charge in [0.25, 0.3) is 5.56 Å². The minimum Gasteiger partial charge on any atom is -0.369 e. The normalized spacial score (nSPS) is 17.6. The number of hydrogen-bond donors (Lipinski definition) is 2. The summed E-state index contributed by atoms with van der Waals surface area (Å²) in [7, 11) is 0. The first-order valence-corrected chi connectivity index (χ1v) is 8.05. The molecule has 0 amide bonds. The van der Waals surface area contributed by atoms with Gasteiger partial charge in [0.15, 0.2) is 0 Å². The van der Waals surface area contributed by atoms with E-state index in [9.17, 15) is 4.79 Å². The van der Waals surface area contributed by atoms with Gasteiger partial charge in [0.1, 0.15) is 11.5 Å². The molecule has 0 atom stereocenters. The van der Waals surface area contributed by atoms with E-state index in [4.69, 9.17) is 5.41 Å². The minimum atomic E-state index is -0.0192. The third-order valence-corrected chi connectivity index (χ3v) is 4.57. The Kier molecular flexibility index (Phi) is 3.21. The molecule has 5 nitrogen and oxygen atoms in total. The van der Waals surface area contributed by atoms with E-state index in [1.165, 1.54) is 31.9 Å². The number of aromatic nitrogens is 2. The van der Waals surface area contributed by atoms with Crippen LogP contribution in [0.4, 0.5) is 5.82 Å². The van der Waals surface area contributed by atoms with Crippen molar-refractivity contribution >= 4 is 17.7 Å². The van der Waals surface area contributed by atoms with Crippen molar-refractivity contribution < 1.29 is 0 Å². The molecule has 0 saturated heterocycles. The Balaban J connectivity index is 1.83. The molecule has 2 aromatic rings. The lowest BCUT2D eigenvalue weighted by molar-refractivity contribution is 0.798. The van der Waals surface area contributed by atoms with Crippen molar-refractivity contribution in [2.75, 3.05) is 11.9 Å². The molecule has 2 saturated carbocycles. The summed E-state index contributed by atoms with van der Waals surface area (Å²) >= 11 is 0. The van der Waals surface area contributed by atoms with E-state index in [-0.39, 0.29) is 5.56 Å². The molecule has 4 rings (SSSR count). The van der Waals surface area contributed by atoms with Gasteiger partial charge in [-0.3, -0.25) is 9.20 Å². The SMILES string of the molecule is N=Cc1cccc2nc(NCC3CC3)c(CC3CC3)c(=O)n12. The fourth-order valence-corrected chi connectivity index (χ4v) is 2.86. The van der Waals surface area contributed by atoms with Crippen molar-refractivity contribution in [2.24, 2.45) is 11.8 Å². The molecule has 2 aromatic heterocycles. The predicted octanol–water partition coefficient (Wildman–Crippen LogP) is 2.47. The van der Waals surface area contributed by atoms with Crippen molar-refractivity contribution in [1.82, 2.24) is 9.38 Å². The highest BCUT2D eigenvalue weighted by molar-refractivity contribution is 5.76. The molecule has 22 heavy (non-hydrogen) atoms. The molecule has 0 aromatic carbocycles. The van der Waals surface area contributed by atoms with Crippen LogP contribution in [0.2, 0.25) is 0 Å². The van der Waals surface area contributed by atoms with E-state index in [0.29, 0.717) is 17.3 Å². The number of anilines is 1. The Morgan fingerprint density at radius 2 is 2.05 bits per heavy atom. The fourth-order valence-electron chi connectivity index (χ4n) is 2.86. The lowest BCUT2D eigenvalue weighted by Crippen LogP contribution is -2.25. The third kappa shape index (κ3) is 2.51. The van der Waals surface area contributed by atoms with Crippen LogP contribution >= 0.6 is 0 Å². The summed E-state index contributed by atoms with van der Waals surface area (Å²) in [6.07, 6.45) is 6.97. The summed E-state index contributed by atoms with van der Waals surface area (Å²) in [4.78, 5) is 17.6. The van der Waals surface area contributed by atoms with Gasteiger partial charge in [0, 0.05) is 12.8 Å². The second-order valence-electron chi connectivity index (χ2n) is 6.50. The number of fused-ring (bicyclic) bond motifs is 1. The average Bonchev–Trinajstić information content (AvgIpc) is 3.42. The molecule has 0 spiro atoms. The van der Waals surface area contributed by atoms with Crippen LogP contribution in [0, 0.1) is 17.2 Å². The van der Waals surface area contributed by atoms with E-state index < -0.39 is 0 Å². The molecule has 0 unspecified atom stereocenters. The maximum absolute atomic E-state index is 12.9. The van der Waals surface area contributed by atoms with Crippen LogP contribution in [-0.4, -0.2) is 22.1 Å². The highest BCUT2D eigenvalue weighted by Crippen LogP contribution is 2.34. The molecular weight excluding hydrogens is 276 g/mol. The van der Waals surface area contributed by atoms with Crippen LogP contribution in [0.15, 0.2) is 23.0 Å². The molecule has 2 N–H and O–H groups in total. The fraction of sp³-hybridized carbons (Fsp3) is 0.471. The number of rotatable bonds is 6. The molecule has 2 fully saturated rings. The van der Waals surface area contributed by atoms with Crippen molar-refractivity contribution in [1.29, 1.82) is 5.41 Å². The average molecular weight is 296 g/mol. The molecule has 0 radical (unpaired) electrons. The summed E-state index contributed by atoms with van der Waals surface area (Å²) in [6.45, 7) is 0.907. The Morgan fingerprint density at radius 3 is 2.73 bits per heavy atom. The van der Waals surface area contributed by atoms with Crippen LogP contribution in [0.5, 0.6) is 0 Å². The van der Waals surface area contributed by atoms with Crippen molar-refractivity contribution in [2.45, 2.75) is 32.1 Å². The first-order chi connectivity index (χ1) is 10.8. The van der Waals surface area contributed by atoms with Crippen LogP contribution in [0.3, 0.4) is 0 Å². The van der Waals surface area contributed by atoms with E-state index in [0.717, 1.165) is 30.3 Å². The second-order valence-corrected chi connectivity index (χ2v) is 6.50. The number of pyridine rings is 1. The van der Waals surface area contributed by atoms with Crippen molar-refractivity contribution in [3.8, 4) is 0 Å². The Labute approximate surface area is 128 Å². The Morgan fingerprint density at radius 1 is 1.27 bits per heavy atom. The quantitative estimate of drug-likeness (QED) is 0.804. The van der Waals surface area contributed by atoms with Gasteiger partial charge in [-0.15, -0.1) is 0 Å². The summed E-state index contributed by atoms with van der Waals surface area (Å²) in [5.41, 5.74) is 1.97. The van der Waals surface area contributed by atoms with Crippen LogP contribution < -0.4 is 10.9 Å². The van der Waals surface area contributed by atoms with Gasteiger partial charge in [-0.25, -0.2) is 4.98 Å². The molecule has 2 aliphatic rings. The molecule has 0 aliphatic heterocycles. The van der Waals surface area contributed by atoms with Gasteiger partial charge < -0.3 is 10.7 Å². The summed E-state index contributed by atoms with van der Waals surface area (Å²) in [6, 6.07) is 5.45. The largest absolute Gasteiger partial charge is 0.369 e. The van der Waals surface area contributed by atoms with E-state index in [1.807, 2.05) is 12.1 Å². The lowest BCUT2D eigenvalue weighted by Gasteiger charge is -2.13. The van der Waals surface area contributed by atoms with Crippen LogP contribution in [0.25, 0.3) is 5.65 Å². The first kappa shape index (κ1) is 13.5. The Hall–Kier alpha value is -2.17. The summed E-state index contributed by atoms with van der Waals surface area (Å²) in [5, 5.41) is 10.9. The predicted molar refractivity (Wildman–Crippen MR) is 87.0 cm³/mol. The van der Waals surface area contributed by atoms with E-state index >= 15 is 0 Å². The highest BCUT2D eigenvalue weighted by atomic mass is 16.1.